The fourth-order valence-corrected chi connectivity index (χ4v) is 3.62. The lowest BCUT2D eigenvalue weighted by atomic mass is 10.1. The molecule has 0 bridgehead atoms. The number of ether oxygens (including phenoxy) is 1. The Labute approximate surface area is 135 Å². The van der Waals surface area contributed by atoms with Crippen molar-refractivity contribution in [3.8, 4) is 11.3 Å². The minimum atomic E-state index is -3.53. The molecule has 1 unspecified atom stereocenters. The quantitative estimate of drug-likeness (QED) is 0.907. The van der Waals surface area contributed by atoms with Crippen molar-refractivity contribution in [2.45, 2.75) is 37.2 Å². The molecule has 6 nitrogen and oxygen atoms in total. The van der Waals surface area contributed by atoms with Crippen molar-refractivity contribution in [1.29, 1.82) is 0 Å². The van der Waals surface area contributed by atoms with Gasteiger partial charge in [-0.15, -0.1) is 0 Å². The van der Waals surface area contributed by atoms with Gasteiger partial charge in [0.2, 0.25) is 10.0 Å². The molecule has 0 radical (unpaired) electrons. The predicted octanol–water partition coefficient (Wildman–Crippen LogP) is 2.50. The van der Waals surface area contributed by atoms with Gasteiger partial charge in [0, 0.05) is 25.6 Å². The van der Waals surface area contributed by atoms with Gasteiger partial charge in [0.25, 0.3) is 0 Å². The van der Waals surface area contributed by atoms with E-state index in [1.165, 1.54) is 0 Å². The topological polar surface area (TPSA) is 81.4 Å². The number of aromatic nitrogens is 1. The van der Waals surface area contributed by atoms with Gasteiger partial charge in [-0.1, -0.05) is 12.1 Å². The first-order valence-electron chi connectivity index (χ1n) is 7.68. The molecule has 2 heterocycles. The van der Waals surface area contributed by atoms with Crippen LogP contribution in [0.25, 0.3) is 11.3 Å². The molecule has 0 saturated carbocycles. The second kappa shape index (κ2) is 6.82. The summed E-state index contributed by atoms with van der Waals surface area (Å²) in [6.45, 7) is 2.78. The Morgan fingerprint density at radius 3 is 2.65 bits per heavy atom. The highest BCUT2D eigenvalue weighted by Crippen LogP contribution is 2.21. The molecular weight excluding hydrogens is 316 g/mol. The van der Waals surface area contributed by atoms with Gasteiger partial charge in [-0.3, -0.25) is 0 Å². The van der Waals surface area contributed by atoms with E-state index < -0.39 is 10.0 Å². The Morgan fingerprint density at radius 2 is 2.04 bits per heavy atom. The van der Waals surface area contributed by atoms with Crippen molar-refractivity contribution in [2.24, 2.45) is 0 Å². The number of aryl methyl sites for hydroxylation is 1. The summed E-state index contributed by atoms with van der Waals surface area (Å²) in [7, 11) is -3.53. The van der Waals surface area contributed by atoms with Gasteiger partial charge in [0.1, 0.15) is 12.0 Å². The van der Waals surface area contributed by atoms with E-state index in [4.69, 9.17) is 9.15 Å². The van der Waals surface area contributed by atoms with Crippen LogP contribution in [-0.4, -0.2) is 32.7 Å². The van der Waals surface area contributed by atoms with Gasteiger partial charge in [0.15, 0.2) is 5.89 Å². The summed E-state index contributed by atoms with van der Waals surface area (Å²) in [6, 6.07) is 6.60. The Balaban J connectivity index is 1.67. The standard InChI is InChI=1S/C16H20N2O4S/c1-12-18-16(11-22-12)13-5-7-15(8-6-13)23(19,20)17-10-14-4-2-3-9-21-14/h5-8,11,14,17H,2-4,9-10H2,1H3. The normalized spacial score (nSPS) is 18.9. The fraction of sp³-hybridized carbons (Fsp3) is 0.438. The lowest BCUT2D eigenvalue weighted by Crippen LogP contribution is -2.35. The smallest absolute Gasteiger partial charge is 0.240 e. The highest BCUT2D eigenvalue weighted by molar-refractivity contribution is 7.89. The molecule has 0 spiro atoms. The fourth-order valence-electron chi connectivity index (χ4n) is 2.56. The summed E-state index contributed by atoms with van der Waals surface area (Å²) >= 11 is 0. The number of rotatable bonds is 5. The molecule has 2 aromatic rings. The monoisotopic (exact) mass is 336 g/mol. The van der Waals surface area contributed by atoms with Crippen LogP contribution in [0.5, 0.6) is 0 Å². The number of sulfonamides is 1. The number of hydrogen-bond donors (Lipinski definition) is 1. The van der Waals surface area contributed by atoms with Gasteiger partial charge in [-0.05, 0) is 31.4 Å². The molecule has 1 atom stereocenters. The maximum Gasteiger partial charge on any atom is 0.240 e. The number of nitrogens with zero attached hydrogens (tertiary/aromatic N) is 1. The van der Waals surface area contributed by atoms with Crippen LogP contribution in [0.15, 0.2) is 39.8 Å². The van der Waals surface area contributed by atoms with E-state index in [1.54, 1.807) is 37.5 Å². The van der Waals surface area contributed by atoms with E-state index in [0.717, 1.165) is 24.8 Å². The molecule has 0 aliphatic carbocycles. The van der Waals surface area contributed by atoms with E-state index >= 15 is 0 Å². The van der Waals surface area contributed by atoms with Crippen LogP contribution in [0.2, 0.25) is 0 Å². The van der Waals surface area contributed by atoms with Crippen molar-refractivity contribution >= 4 is 10.0 Å². The maximum absolute atomic E-state index is 12.3. The second-order valence-corrected chi connectivity index (χ2v) is 7.38. The highest BCUT2D eigenvalue weighted by Gasteiger charge is 2.19. The Morgan fingerprint density at radius 1 is 1.26 bits per heavy atom. The summed E-state index contributed by atoms with van der Waals surface area (Å²) in [4.78, 5) is 4.46. The molecule has 1 saturated heterocycles. The first-order chi connectivity index (χ1) is 11.0. The molecule has 1 aliphatic heterocycles. The molecule has 3 rings (SSSR count). The SMILES string of the molecule is Cc1nc(-c2ccc(S(=O)(=O)NCC3CCCCO3)cc2)co1. The van der Waals surface area contributed by atoms with Gasteiger partial charge >= 0.3 is 0 Å². The molecular formula is C16H20N2O4S. The third-order valence-electron chi connectivity index (χ3n) is 3.85. The third-order valence-corrected chi connectivity index (χ3v) is 5.29. The third kappa shape index (κ3) is 3.99. The summed E-state index contributed by atoms with van der Waals surface area (Å²) in [6.07, 6.45) is 4.55. The summed E-state index contributed by atoms with van der Waals surface area (Å²) < 4.78 is 38.0. The van der Waals surface area contributed by atoms with Gasteiger partial charge in [-0.25, -0.2) is 18.1 Å². The van der Waals surface area contributed by atoms with Crippen molar-refractivity contribution in [3.63, 3.8) is 0 Å². The Bertz CT molecular complexity index is 747. The van der Waals surface area contributed by atoms with Crippen LogP contribution in [-0.2, 0) is 14.8 Å². The van der Waals surface area contributed by atoms with Crippen molar-refractivity contribution in [3.05, 3.63) is 36.4 Å². The average molecular weight is 336 g/mol. The van der Waals surface area contributed by atoms with Crippen molar-refractivity contribution in [2.75, 3.05) is 13.2 Å². The number of nitrogens with one attached hydrogen (secondary N) is 1. The largest absolute Gasteiger partial charge is 0.449 e. The molecule has 1 aromatic carbocycles. The summed E-state index contributed by atoms with van der Waals surface area (Å²) in [5, 5.41) is 0. The minimum absolute atomic E-state index is 0.0316. The first-order valence-corrected chi connectivity index (χ1v) is 9.17. The van der Waals surface area contributed by atoms with Gasteiger partial charge in [0.05, 0.1) is 11.0 Å². The molecule has 1 aliphatic rings. The van der Waals surface area contributed by atoms with Crippen molar-refractivity contribution in [1.82, 2.24) is 9.71 Å². The van der Waals surface area contributed by atoms with Crippen LogP contribution in [0.4, 0.5) is 0 Å². The molecule has 124 valence electrons. The van der Waals surface area contributed by atoms with E-state index in [2.05, 4.69) is 9.71 Å². The van der Waals surface area contributed by atoms with Crippen LogP contribution in [0, 0.1) is 6.92 Å². The number of benzene rings is 1. The van der Waals surface area contributed by atoms with Gasteiger partial charge in [-0.2, -0.15) is 0 Å². The van der Waals surface area contributed by atoms with Gasteiger partial charge < -0.3 is 9.15 Å². The van der Waals surface area contributed by atoms with Crippen LogP contribution >= 0.6 is 0 Å². The zero-order chi connectivity index (χ0) is 16.3. The van der Waals surface area contributed by atoms with E-state index in [1.807, 2.05) is 0 Å². The highest BCUT2D eigenvalue weighted by atomic mass is 32.2. The zero-order valence-corrected chi connectivity index (χ0v) is 13.8. The minimum Gasteiger partial charge on any atom is -0.449 e. The molecule has 1 fully saturated rings. The van der Waals surface area contributed by atoms with E-state index in [9.17, 15) is 8.42 Å². The van der Waals surface area contributed by atoms with Crippen LogP contribution in [0.3, 0.4) is 0 Å². The van der Waals surface area contributed by atoms with E-state index in [0.29, 0.717) is 24.7 Å². The molecule has 23 heavy (non-hydrogen) atoms. The Kier molecular flexibility index (Phi) is 4.79. The average Bonchev–Trinajstić information content (AvgIpc) is 3.01. The van der Waals surface area contributed by atoms with E-state index in [-0.39, 0.29) is 11.0 Å². The summed E-state index contributed by atoms with van der Waals surface area (Å²) in [5.74, 6) is 0.575. The number of hydrogen-bond acceptors (Lipinski definition) is 5. The maximum atomic E-state index is 12.3. The van der Waals surface area contributed by atoms with Crippen molar-refractivity contribution < 1.29 is 17.6 Å². The van der Waals surface area contributed by atoms with Crippen LogP contribution < -0.4 is 4.72 Å². The second-order valence-electron chi connectivity index (χ2n) is 5.62. The lowest BCUT2D eigenvalue weighted by molar-refractivity contribution is 0.0200. The number of oxazole rings is 1. The Hall–Kier alpha value is -1.70. The lowest BCUT2D eigenvalue weighted by Gasteiger charge is -2.22. The predicted molar refractivity (Wildman–Crippen MR) is 85.5 cm³/mol. The van der Waals surface area contributed by atoms with Crippen LogP contribution in [0.1, 0.15) is 25.2 Å². The summed E-state index contributed by atoms with van der Waals surface area (Å²) in [5.41, 5.74) is 1.51. The molecule has 0 amide bonds. The molecule has 7 heteroatoms. The molecule has 1 N–H and O–H groups in total. The first kappa shape index (κ1) is 16.2. The molecule has 1 aromatic heterocycles. The zero-order valence-electron chi connectivity index (χ0n) is 13.0.